The molecule has 3 atom stereocenters. The molecule has 2 amide bonds. The molecule has 0 bridgehead atoms. The Kier molecular flexibility index (Phi) is 10.1. The first-order valence-corrected chi connectivity index (χ1v) is 17.9. The van der Waals surface area contributed by atoms with Crippen LogP contribution >= 0.6 is 11.6 Å². The summed E-state index contributed by atoms with van der Waals surface area (Å²) >= 11 is 5.97. The average Bonchev–Trinajstić information content (AvgIpc) is 3.62. The summed E-state index contributed by atoms with van der Waals surface area (Å²) in [4.78, 5) is 27.7. The molecule has 16 heteroatoms. The molecule has 2 N–H and O–H groups in total. The molecule has 2 aromatic rings. The van der Waals surface area contributed by atoms with Gasteiger partial charge in [0.1, 0.15) is 6.04 Å². The van der Waals surface area contributed by atoms with Crippen LogP contribution in [0.25, 0.3) is 0 Å². The predicted octanol–water partition coefficient (Wildman–Crippen LogP) is 2.51. The minimum absolute atomic E-state index is 0.00577. The molecule has 44 heavy (non-hydrogen) atoms. The Morgan fingerprint density at radius 1 is 1.00 bits per heavy atom. The van der Waals surface area contributed by atoms with Crippen molar-refractivity contribution in [1.29, 1.82) is 0 Å². The van der Waals surface area contributed by atoms with E-state index in [2.05, 4.69) is 10.6 Å². The minimum Gasteiger partial charge on any atom is -0.339 e. The Balaban J connectivity index is 1.43. The highest BCUT2D eigenvalue weighted by atomic mass is 35.5. The van der Waals surface area contributed by atoms with Gasteiger partial charge in [0.15, 0.2) is 9.84 Å². The van der Waals surface area contributed by atoms with Crippen molar-refractivity contribution < 1.29 is 39.6 Å². The summed E-state index contributed by atoms with van der Waals surface area (Å²) in [7, 11) is -7.43. The fourth-order valence-corrected chi connectivity index (χ4v) is 7.52. The SMILES string of the molecule is C[C@@]1(NCCS(=O)(=O)C[C@@H](NC(=O)c2ccc(C(F)(F)F)cc2)C(=O)N2CCN(S(C)(=O)=O)CC2)C[C@H]1c1ccc(Cl)cc1. The summed E-state index contributed by atoms with van der Waals surface area (Å²) in [5.74, 6) is -2.56. The molecule has 0 radical (unpaired) electrons. The largest absolute Gasteiger partial charge is 0.416 e. The van der Waals surface area contributed by atoms with Gasteiger partial charge in [-0.3, -0.25) is 9.59 Å². The second-order valence-corrected chi connectivity index (χ2v) is 16.0. The molecule has 2 fully saturated rings. The number of amides is 2. The van der Waals surface area contributed by atoms with Gasteiger partial charge in [0.05, 0.1) is 23.3 Å². The molecule has 242 valence electrons. The molecule has 0 unspecified atom stereocenters. The fraction of sp³-hybridized carbons (Fsp3) is 0.500. The lowest BCUT2D eigenvalue weighted by Crippen LogP contribution is -2.57. The maximum atomic E-state index is 13.5. The van der Waals surface area contributed by atoms with Crippen LogP contribution in [-0.4, -0.2) is 99.9 Å². The zero-order valence-electron chi connectivity index (χ0n) is 24.1. The van der Waals surface area contributed by atoms with E-state index < -0.39 is 55.2 Å². The molecule has 2 aliphatic rings. The number of carbonyl (C=O) groups excluding carboxylic acids is 2. The van der Waals surface area contributed by atoms with Crippen LogP contribution in [-0.2, 0) is 30.8 Å². The molecule has 1 saturated carbocycles. The number of piperazine rings is 1. The summed E-state index contributed by atoms with van der Waals surface area (Å²) in [5, 5.41) is 6.27. The first kappa shape index (κ1) is 34.2. The molecule has 1 aliphatic carbocycles. The monoisotopic (exact) mass is 678 g/mol. The fourth-order valence-electron chi connectivity index (χ4n) is 5.26. The van der Waals surface area contributed by atoms with Gasteiger partial charge in [0.25, 0.3) is 5.91 Å². The van der Waals surface area contributed by atoms with Crippen molar-refractivity contribution in [3.63, 3.8) is 0 Å². The second-order valence-electron chi connectivity index (χ2n) is 11.4. The molecule has 10 nitrogen and oxygen atoms in total. The van der Waals surface area contributed by atoms with Crippen molar-refractivity contribution in [2.45, 2.75) is 37.0 Å². The normalized spacial score (nSPS) is 22.0. The van der Waals surface area contributed by atoms with Crippen molar-refractivity contribution in [3.8, 4) is 0 Å². The molecular weight excluding hydrogens is 645 g/mol. The van der Waals surface area contributed by atoms with Gasteiger partial charge < -0.3 is 15.5 Å². The standard InChI is InChI=1S/C28H34ClF3N4O6S2/c1-27(17-23(27)19-5-9-22(29)10-6-19)33-11-16-44(41,42)18-24(26(38)35-12-14-36(15-13-35)43(2,39)40)34-25(37)20-3-7-21(8-4-20)28(30,31)32/h3-10,23-24,33H,11-18H2,1-2H3,(H,34,37)/t23-,24+,27+/m0/s1. The quantitative estimate of drug-likeness (QED) is 0.373. The summed E-state index contributed by atoms with van der Waals surface area (Å²) in [5.41, 5.74) is -0.413. The number of halogens is 4. The van der Waals surface area contributed by atoms with Crippen LogP contribution in [0.3, 0.4) is 0 Å². The van der Waals surface area contributed by atoms with E-state index >= 15 is 0 Å². The van der Waals surface area contributed by atoms with Crippen LogP contribution < -0.4 is 10.6 Å². The van der Waals surface area contributed by atoms with Gasteiger partial charge in [-0.15, -0.1) is 0 Å². The van der Waals surface area contributed by atoms with Gasteiger partial charge >= 0.3 is 6.18 Å². The van der Waals surface area contributed by atoms with E-state index in [-0.39, 0.29) is 55.5 Å². The second kappa shape index (κ2) is 12.9. The van der Waals surface area contributed by atoms with E-state index in [0.717, 1.165) is 30.4 Å². The zero-order chi connectivity index (χ0) is 32.5. The van der Waals surface area contributed by atoms with Crippen LogP contribution in [0.5, 0.6) is 0 Å². The number of benzene rings is 2. The molecular formula is C28H34ClF3N4O6S2. The summed E-state index contributed by atoms with van der Waals surface area (Å²) < 4.78 is 90.2. The minimum atomic E-state index is -4.61. The van der Waals surface area contributed by atoms with E-state index in [0.29, 0.717) is 17.2 Å². The third-order valence-corrected chi connectivity index (χ3v) is 11.2. The Morgan fingerprint density at radius 3 is 2.14 bits per heavy atom. The van der Waals surface area contributed by atoms with E-state index in [1.807, 2.05) is 19.1 Å². The van der Waals surface area contributed by atoms with Crippen molar-refractivity contribution in [3.05, 3.63) is 70.2 Å². The molecule has 0 spiro atoms. The van der Waals surface area contributed by atoms with Crippen molar-refractivity contribution in [2.75, 3.05) is 50.5 Å². The number of carbonyl (C=O) groups is 2. The van der Waals surface area contributed by atoms with Gasteiger partial charge in [-0.05, 0) is 55.3 Å². The number of nitrogens with zero attached hydrogens (tertiary/aromatic N) is 2. The van der Waals surface area contributed by atoms with Gasteiger partial charge in [-0.25, -0.2) is 16.8 Å². The smallest absolute Gasteiger partial charge is 0.339 e. The van der Waals surface area contributed by atoms with E-state index in [1.165, 1.54) is 9.21 Å². The lowest BCUT2D eigenvalue weighted by molar-refractivity contribution is -0.137. The average molecular weight is 679 g/mol. The Hall–Kier alpha value is -2.72. The highest BCUT2D eigenvalue weighted by Gasteiger charge is 2.50. The number of alkyl halides is 3. The Labute approximate surface area is 259 Å². The number of rotatable bonds is 11. The summed E-state index contributed by atoms with van der Waals surface area (Å²) in [6.07, 6.45) is -2.79. The van der Waals surface area contributed by atoms with Crippen molar-refractivity contribution >= 4 is 43.3 Å². The van der Waals surface area contributed by atoms with E-state index in [4.69, 9.17) is 11.6 Å². The molecule has 4 rings (SSSR count). The third kappa shape index (κ3) is 8.71. The number of hydrogen-bond acceptors (Lipinski definition) is 7. The first-order chi connectivity index (χ1) is 20.4. The molecule has 0 aromatic heterocycles. The summed E-state index contributed by atoms with van der Waals surface area (Å²) in [6.45, 7) is 2.01. The van der Waals surface area contributed by atoms with Gasteiger partial charge in [-0.2, -0.15) is 17.5 Å². The number of sulfone groups is 1. The molecule has 1 heterocycles. The van der Waals surface area contributed by atoms with Gasteiger partial charge in [0, 0.05) is 54.8 Å². The maximum absolute atomic E-state index is 13.5. The van der Waals surface area contributed by atoms with Crippen LogP contribution in [0.1, 0.15) is 40.7 Å². The number of hydrogen-bond donors (Lipinski definition) is 2. The highest BCUT2D eigenvalue weighted by Crippen LogP contribution is 2.51. The van der Waals surface area contributed by atoms with Crippen LogP contribution in [0.2, 0.25) is 5.02 Å². The Bertz CT molecular complexity index is 1580. The molecule has 1 saturated heterocycles. The van der Waals surface area contributed by atoms with Crippen LogP contribution in [0.15, 0.2) is 48.5 Å². The maximum Gasteiger partial charge on any atom is 0.416 e. The molecule has 2 aromatic carbocycles. The summed E-state index contributed by atoms with van der Waals surface area (Å²) in [6, 6.07) is 9.19. The first-order valence-electron chi connectivity index (χ1n) is 13.8. The van der Waals surface area contributed by atoms with Crippen LogP contribution in [0.4, 0.5) is 13.2 Å². The zero-order valence-corrected chi connectivity index (χ0v) is 26.5. The third-order valence-electron chi connectivity index (χ3n) is 7.97. The number of sulfonamides is 1. The predicted molar refractivity (Wildman–Crippen MR) is 160 cm³/mol. The lowest BCUT2D eigenvalue weighted by Gasteiger charge is -2.35. The lowest BCUT2D eigenvalue weighted by atomic mass is 10.1. The topological polar surface area (TPSA) is 133 Å². The molecule has 1 aliphatic heterocycles. The Morgan fingerprint density at radius 2 is 1.59 bits per heavy atom. The number of nitrogens with one attached hydrogen (secondary N) is 2. The van der Waals surface area contributed by atoms with Crippen molar-refractivity contribution in [1.82, 2.24) is 19.8 Å². The van der Waals surface area contributed by atoms with Gasteiger partial charge in [-0.1, -0.05) is 23.7 Å². The van der Waals surface area contributed by atoms with Gasteiger partial charge in [0.2, 0.25) is 15.9 Å². The highest BCUT2D eigenvalue weighted by molar-refractivity contribution is 7.91. The van der Waals surface area contributed by atoms with E-state index in [9.17, 15) is 39.6 Å². The van der Waals surface area contributed by atoms with Crippen LogP contribution in [0, 0.1) is 0 Å². The van der Waals surface area contributed by atoms with E-state index in [1.54, 1.807) is 12.1 Å². The van der Waals surface area contributed by atoms with Crippen molar-refractivity contribution in [2.24, 2.45) is 0 Å².